The maximum Gasteiger partial charge on any atom is 0.329 e. The Kier molecular flexibility index (Phi) is 4.81. The Labute approximate surface area is 119 Å². The van der Waals surface area contributed by atoms with Crippen molar-refractivity contribution in [3.8, 4) is 0 Å². The van der Waals surface area contributed by atoms with Crippen molar-refractivity contribution in [2.45, 2.75) is 32.2 Å². The summed E-state index contributed by atoms with van der Waals surface area (Å²) < 4.78 is 24.4. The number of likely N-dealkylation sites (N-methyl/N-ethyl adjacent to an activating group) is 1. The number of hydrogen-bond acceptors (Lipinski definition) is 4. The number of nitrogens with zero attached hydrogens (tertiary/aromatic N) is 2. The molecule has 1 N–H and O–H groups in total. The molecule has 1 aliphatic rings. The maximum absolute atomic E-state index is 12.4. The Bertz CT molecular complexity index is 500. The van der Waals surface area contributed by atoms with Crippen LogP contribution in [0.25, 0.3) is 0 Å². The summed E-state index contributed by atoms with van der Waals surface area (Å²) in [5, 5.41) is 9.14. The normalized spacial score (nSPS) is 21.5. The summed E-state index contributed by atoms with van der Waals surface area (Å²) in [4.78, 5) is 24.7. The molecule has 0 aromatic carbocycles. The Balaban J connectivity index is 2.85. The zero-order valence-corrected chi connectivity index (χ0v) is 13.1. The number of aliphatic carboxylic acids is 1. The summed E-state index contributed by atoms with van der Waals surface area (Å²) in [5.41, 5.74) is -1.32. The van der Waals surface area contributed by atoms with Gasteiger partial charge in [-0.05, 0) is 26.7 Å². The van der Waals surface area contributed by atoms with Gasteiger partial charge in [0.05, 0.1) is 12.2 Å². The van der Waals surface area contributed by atoms with Gasteiger partial charge < -0.3 is 10.0 Å². The second kappa shape index (κ2) is 5.69. The van der Waals surface area contributed by atoms with Gasteiger partial charge in [0.25, 0.3) is 0 Å². The third kappa shape index (κ3) is 3.49. The predicted octanol–water partition coefficient (Wildman–Crippen LogP) is -0.0204. The second-order valence-corrected chi connectivity index (χ2v) is 7.70. The third-order valence-corrected chi connectivity index (χ3v) is 5.16. The van der Waals surface area contributed by atoms with Crippen LogP contribution in [0.3, 0.4) is 0 Å². The molecule has 1 unspecified atom stereocenters. The molecular formula is C12H22N2O5S. The summed E-state index contributed by atoms with van der Waals surface area (Å²) in [6.45, 7) is 3.43. The van der Waals surface area contributed by atoms with Gasteiger partial charge in [0.2, 0.25) is 15.9 Å². The molecule has 20 heavy (non-hydrogen) atoms. The van der Waals surface area contributed by atoms with Crippen LogP contribution in [0.15, 0.2) is 0 Å². The van der Waals surface area contributed by atoms with Crippen molar-refractivity contribution < 1.29 is 23.1 Å². The molecule has 7 nitrogen and oxygen atoms in total. The van der Waals surface area contributed by atoms with E-state index in [4.69, 9.17) is 5.11 Å². The van der Waals surface area contributed by atoms with Gasteiger partial charge >= 0.3 is 5.97 Å². The fourth-order valence-corrected chi connectivity index (χ4v) is 3.05. The summed E-state index contributed by atoms with van der Waals surface area (Å²) >= 11 is 0. The number of sulfonamides is 1. The van der Waals surface area contributed by atoms with Gasteiger partial charge in [0.1, 0.15) is 5.54 Å². The van der Waals surface area contributed by atoms with E-state index in [1.807, 2.05) is 0 Å². The Morgan fingerprint density at radius 3 is 2.35 bits per heavy atom. The van der Waals surface area contributed by atoms with Gasteiger partial charge in [-0.1, -0.05) is 0 Å². The lowest BCUT2D eigenvalue weighted by molar-refractivity contribution is -0.157. The number of carbonyl (C=O) groups excluding carboxylic acids is 1. The number of amides is 1. The van der Waals surface area contributed by atoms with Crippen molar-refractivity contribution in [3.05, 3.63) is 0 Å². The van der Waals surface area contributed by atoms with Gasteiger partial charge in [-0.2, -0.15) is 0 Å². The van der Waals surface area contributed by atoms with E-state index in [0.717, 1.165) is 6.26 Å². The second-order valence-electron chi connectivity index (χ2n) is 5.72. The van der Waals surface area contributed by atoms with E-state index in [0.29, 0.717) is 19.4 Å². The van der Waals surface area contributed by atoms with E-state index in [1.54, 1.807) is 0 Å². The Hall–Kier alpha value is -1.15. The number of piperidine rings is 1. The van der Waals surface area contributed by atoms with Crippen LogP contribution in [0.4, 0.5) is 0 Å². The average molecular weight is 306 g/mol. The van der Waals surface area contributed by atoms with Crippen molar-refractivity contribution in [1.29, 1.82) is 0 Å². The minimum Gasteiger partial charge on any atom is -0.480 e. The molecule has 116 valence electrons. The first kappa shape index (κ1) is 16.9. The van der Waals surface area contributed by atoms with Gasteiger partial charge in [-0.3, -0.25) is 4.79 Å². The quantitative estimate of drug-likeness (QED) is 0.787. The Morgan fingerprint density at radius 2 is 1.90 bits per heavy atom. The molecule has 1 rings (SSSR count). The van der Waals surface area contributed by atoms with Crippen LogP contribution in [-0.2, 0) is 19.6 Å². The number of rotatable bonds is 4. The summed E-state index contributed by atoms with van der Waals surface area (Å²) in [5.74, 6) is -1.91. The first-order valence-corrected chi connectivity index (χ1v) is 8.29. The molecule has 1 atom stereocenters. The molecule has 1 heterocycles. The van der Waals surface area contributed by atoms with E-state index >= 15 is 0 Å². The minimum atomic E-state index is -3.32. The molecule has 0 aromatic rings. The fourth-order valence-electron chi connectivity index (χ4n) is 2.14. The van der Waals surface area contributed by atoms with Crippen LogP contribution in [0, 0.1) is 5.92 Å². The highest BCUT2D eigenvalue weighted by molar-refractivity contribution is 7.88. The van der Waals surface area contributed by atoms with Crippen LogP contribution in [0.2, 0.25) is 0 Å². The molecule has 1 saturated heterocycles. The van der Waals surface area contributed by atoms with Crippen molar-refractivity contribution in [2.75, 3.05) is 26.4 Å². The molecule has 8 heteroatoms. The van der Waals surface area contributed by atoms with Crippen LogP contribution in [0.1, 0.15) is 26.7 Å². The van der Waals surface area contributed by atoms with Crippen LogP contribution >= 0.6 is 0 Å². The minimum absolute atomic E-state index is 0.123. The zero-order chi connectivity index (χ0) is 15.7. The summed E-state index contributed by atoms with van der Waals surface area (Å²) in [6, 6.07) is 0. The fraction of sp³-hybridized carbons (Fsp3) is 0.833. The van der Waals surface area contributed by atoms with Crippen LogP contribution in [-0.4, -0.2) is 66.5 Å². The number of carboxylic acid groups (broad SMARTS) is 1. The average Bonchev–Trinajstić information content (AvgIpc) is 2.35. The highest BCUT2D eigenvalue weighted by atomic mass is 32.2. The highest BCUT2D eigenvalue weighted by Crippen LogP contribution is 2.23. The lowest BCUT2D eigenvalue weighted by Gasteiger charge is -2.37. The van der Waals surface area contributed by atoms with Crippen molar-refractivity contribution in [3.63, 3.8) is 0 Å². The maximum atomic E-state index is 12.4. The molecule has 0 radical (unpaired) electrons. The largest absolute Gasteiger partial charge is 0.480 e. The highest BCUT2D eigenvalue weighted by Gasteiger charge is 2.39. The van der Waals surface area contributed by atoms with Crippen molar-refractivity contribution >= 4 is 21.9 Å². The van der Waals surface area contributed by atoms with E-state index in [2.05, 4.69) is 0 Å². The monoisotopic (exact) mass is 306 g/mol. The van der Waals surface area contributed by atoms with Crippen molar-refractivity contribution in [1.82, 2.24) is 9.21 Å². The van der Waals surface area contributed by atoms with Crippen LogP contribution < -0.4 is 0 Å². The molecule has 0 spiro atoms. The smallest absolute Gasteiger partial charge is 0.329 e. The molecular weight excluding hydrogens is 284 g/mol. The first-order valence-electron chi connectivity index (χ1n) is 6.44. The van der Waals surface area contributed by atoms with Crippen molar-refractivity contribution in [2.24, 2.45) is 5.92 Å². The zero-order valence-electron chi connectivity index (χ0n) is 12.3. The molecule has 1 fully saturated rings. The van der Waals surface area contributed by atoms with Gasteiger partial charge in [0, 0.05) is 20.1 Å². The topological polar surface area (TPSA) is 95.0 Å². The van der Waals surface area contributed by atoms with Gasteiger partial charge in [0.15, 0.2) is 0 Å². The van der Waals surface area contributed by atoms with Gasteiger partial charge in [-0.15, -0.1) is 0 Å². The summed E-state index contributed by atoms with van der Waals surface area (Å²) in [6.07, 6.45) is 2.29. The summed E-state index contributed by atoms with van der Waals surface area (Å²) in [7, 11) is -1.88. The molecule has 0 aromatic heterocycles. The third-order valence-electron chi connectivity index (χ3n) is 3.89. The van der Waals surface area contributed by atoms with E-state index < -0.39 is 27.4 Å². The Morgan fingerprint density at radius 1 is 1.35 bits per heavy atom. The number of hydrogen-bond donors (Lipinski definition) is 1. The number of carbonyl (C=O) groups is 2. The standard InChI is InChI=1S/C12H22N2O5S/c1-12(2,11(16)17)13(3)10(15)9-6-5-7-14(8-9)20(4,18)19/h9H,5-8H2,1-4H3,(H,16,17). The molecule has 0 saturated carbocycles. The lowest BCUT2D eigenvalue weighted by atomic mass is 9.95. The van der Waals surface area contributed by atoms with Gasteiger partial charge in [-0.25, -0.2) is 17.5 Å². The van der Waals surface area contributed by atoms with E-state index in [-0.39, 0.29) is 12.5 Å². The van der Waals surface area contributed by atoms with Crippen LogP contribution in [0.5, 0.6) is 0 Å². The molecule has 0 bridgehead atoms. The SMILES string of the molecule is CN(C(=O)C1CCCN(S(C)(=O)=O)C1)C(C)(C)C(=O)O. The van der Waals surface area contributed by atoms with E-state index in [1.165, 1.54) is 30.1 Å². The first-order chi connectivity index (χ1) is 8.98. The number of carboxylic acids is 1. The molecule has 1 amide bonds. The molecule has 0 aliphatic carbocycles. The van der Waals surface area contributed by atoms with E-state index in [9.17, 15) is 18.0 Å². The lowest BCUT2D eigenvalue weighted by Crippen LogP contribution is -2.54. The predicted molar refractivity (Wildman–Crippen MR) is 73.6 cm³/mol. The molecule has 1 aliphatic heterocycles.